The Morgan fingerprint density at radius 3 is 2.26 bits per heavy atom. The van der Waals surface area contributed by atoms with Crippen molar-refractivity contribution < 1.29 is 19.3 Å². The Hall–Kier alpha value is -3.61. The highest BCUT2D eigenvalue weighted by Crippen LogP contribution is 2.48. The van der Waals surface area contributed by atoms with Crippen molar-refractivity contribution in [3.05, 3.63) is 82.6 Å². The molecule has 0 amide bonds. The summed E-state index contributed by atoms with van der Waals surface area (Å²) in [6.45, 7) is 0.343. The number of hydrogen-bond donors (Lipinski definition) is 1. The largest absolute Gasteiger partial charge is 0.497 e. The van der Waals surface area contributed by atoms with Crippen LogP contribution in [0, 0.1) is 0 Å². The van der Waals surface area contributed by atoms with Gasteiger partial charge in [-0.3, -0.25) is 4.98 Å². The van der Waals surface area contributed by atoms with Crippen molar-refractivity contribution in [3.63, 3.8) is 0 Å². The van der Waals surface area contributed by atoms with Gasteiger partial charge in [0.15, 0.2) is 5.75 Å². The minimum absolute atomic E-state index is 0.0143. The lowest BCUT2D eigenvalue weighted by molar-refractivity contribution is 0.412. The second-order valence-corrected chi connectivity index (χ2v) is 8.56. The molecule has 0 spiro atoms. The first-order valence-electron chi connectivity index (χ1n) is 10.4. The molecule has 1 N–H and O–H groups in total. The lowest BCUT2D eigenvalue weighted by Gasteiger charge is -2.14. The summed E-state index contributed by atoms with van der Waals surface area (Å²) in [6.07, 6.45) is 3.50. The zero-order chi connectivity index (χ0) is 23.8. The summed E-state index contributed by atoms with van der Waals surface area (Å²) < 4.78 is 19.0. The van der Waals surface area contributed by atoms with E-state index >= 15 is 0 Å². The maximum atomic E-state index is 11.3. The molecular weight excluding hydrogens is 475 g/mol. The highest BCUT2D eigenvalue weighted by Gasteiger charge is 2.23. The molecular formula is C26H20Cl2N2O4. The third kappa shape index (κ3) is 3.95. The molecule has 6 nitrogen and oxygen atoms in total. The molecule has 172 valence electrons. The number of aromatic hydroxyl groups is 1. The van der Waals surface area contributed by atoms with Crippen molar-refractivity contribution in [2.45, 2.75) is 6.54 Å². The molecule has 5 aromatic rings. The number of fused-ring (bicyclic) bond motifs is 2. The van der Waals surface area contributed by atoms with Crippen molar-refractivity contribution in [1.82, 2.24) is 9.55 Å². The van der Waals surface area contributed by atoms with Gasteiger partial charge in [0, 0.05) is 27.8 Å². The first kappa shape index (κ1) is 22.2. The first-order chi connectivity index (χ1) is 16.5. The minimum atomic E-state index is 0.0143. The van der Waals surface area contributed by atoms with Crippen LogP contribution < -0.4 is 14.2 Å². The molecule has 0 unspecified atom stereocenters. The molecule has 0 bridgehead atoms. The summed E-state index contributed by atoms with van der Waals surface area (Å²) in [6, 6.07) is 16.2. The van der Waals surface area contributed by atoms with Crippen molar-refractivity contribution in [2.24, 2.45) is 0 Å². The normalized spacial score (nSPS) is 11.2. The van der Waals surface area contributed by atoms with Gasteiger partial charge in [-0.25, -0.2) is 0 Å². The molecule has 0 saturated heterocycles. The zero-order valence-electron chi connectivity index (χ0n) is 18.4. The van der Waals surface area contributed by atoms with Gasteiger partial charge in [-0.05, 0) is 60.2 Å². The number of benzene rings is 3. The molecule has 0 aliphatic heterocycles. The molecule has 3 aromatic carbocycles. The van der Waals surface area contributed by atoms with E-state index in [-0.39, 0.29) is 5.88 Å². The van der Waals surface area contributed by atoms with Crippen molar-refractivity contribution in [3.8, 4) is 28.9 Å². The average Bonchev–Trinajstić information content (AvgIpc) is 3.14. The number of aromatic nitrogens is 2. The number of nitrogens with zero attached hydrogens (tertiary/aromatic N) is 2. The predicted octanol–water partition coefficient (Wildman–Crippen LogP) is 7.06. The summed E-state index contributed by atoms with van der Waals surface area (Å²) in [4.78, 5) is 4.54. The van der Waals surface area contributed by atoms with Gasteiger partial charge >= 0.3 is 0 Å². The predicted molar refractivity (Wildman–Crippen MR) is 134 cm³/mol. The highest BCUT2D eigenvalue weighted by atomic mass is 35.5. The summed E-state index contributed by atoms with van der Waals surface area (Å²) >= 11 is 12.4. The van der Waals surface area contributed by atoms with E-state index < -0.39 is 0 Å². The fourth-order valence-corrected chi connectivity index (χ4v) is 4.65. The molecule has 8 heteroatoms. The second kappa shape index (κ2) is 8.97. The van der Waals surface area contributed by atoms with Gasteiger partial charge in [0.1, 0.15) is 22.8 Å². The van der Waals surface area contributed by atoms with Crippen LogP contribution in [0.1, 0.15) is 5.56 Å². The van der Waals surface area contributed by atoms with Crippen LogP contribution in [0.2, 0.25) is 10.0 Å². The zero-order valence-corrected chi connectivity index (χ0v) is 19.9. The number of ether oxygens (including phenoxy) is 3. The monoisotopic (exact) mass is 494 g/mol. The van der Waals surface area contributed by atoms with E-state index in [2.05, 4.69) is 4.98 Å². The van der Waals surface area contributed by atoms with Crippen LogP contribution in [0.3, 0.4) is 0 Å². The molecule has 0 aliphatic carbocycles. The van der Waals surface area contributed by atoms with Gasteiger partial charge in [-0.15, -0.1) is 0 Å². The maximum Gasteiger partial charge on any atom is 0.203 e. The highest BCUT2D eigenvalue weighted by molar-refractivity contribution is 6.34. The number of methoxy groups -OCH3 is 2. The van der Waals surface area contributed by atoms with E-state index in [1.165, 1.54) is 0 Å². The molecule has 2 aromatic heterocycles. The Morgan fingerprint density at radius 1 is 0.882 bits per heavy atom. The molecule has 0 radical (unpaired) electrons. The number of rotatable bonds is 6. The lowest BCUT2D eigenvalue weighted by atomic mass is 10.1. The van der Waals surface area contributed by atoms with Crippen LogP contribution in [0.15, 0.2) is 67.0 Å². The molecule has 5 rings (SSSR count). The molecule has 0 atom stereocenters. The summed E-state index contributed by atoms with van der Waals surface area (Å²) in [5, 5.41) is 14.3. The first-order valence-corrected chi connectivity index (χ1v) is 11.2. The van der Waals surface area contributed by atoms with E-state index in [4.69, 9.17) is 37.4 Å². The van der Waals surface area contributed by atoms with Crippen molar-refractivity contribution in [2.75, 3.05) is 14.2 Å². The second-order valence-electron chi connectivity index (χ2n) is 7.69. The Balaban J connectivity index is 1.72. The summed E-state index contributed by atoms with van der Waals surface area (Å²) in [7, 11) is 3.20. The Morgan fingerprint density at radius 2 is 1.59 bits per heavy atom. The van der Waals surface area contributed by atoms with Gasteiger partial charge in [-0.2, -0.15) is 0 Å². The van der Waals surface area contributed by atoms with Gasteiger partial charge in [0.25, 0.3) is 0 Å². The topological polar surface area (TPSA) is 65.7 Å². The van der Waals surface area contributed by atoms with E-state index in [9.17, 15) is 5.11 Å². The number of pyridine rings is 1. The average molecular weight is 495 g/mol. The van der Waals surface area contributed by atoms with Crippen LogP contribution in [-0.2, 0) is 6.54 Å². The number of halogens is 2. The molecule has 2 heterocycles. The standard InChI is InChI=1S/C26H20Cl2N2O4/c1-32-18-5-7-19(8-6-18)34-25-22-21(24(33-2)20-4-3-9-29-23(20)25)14-30(26(22)31)13-15-10-16(27)12-17(28)11-15/h3-12,14,31H,13H2,1-2H3. The van der Waals surface area contributed by atoms with Crippen LogP contribution in [-0.4, -0.2) is 28.9 Å². The molecule has 34 heavy (non-hydrogen) atoms. The van der Waals surface area contributed by atoms with Crippen molar-refractivity contribution in [1.29, 1.82) is 0 Å². The van der Waals surface area contributed by atoms with Gasteiger partial charge in [0.05, 0.1) is 31.5 Å². The van der Waals surface area contributed by atoms with Gasteiger partial charge < -0.3 is 23.9 Å². The summed E-state index contributed by atoms with van der Waals surface area (Å²) in [5.74, 6) is 2.33. The third-order valence-electron chi connectivity index (χ3n) is 5.55. The smallest absolute Gasteiger partial charge is 0.203 e. The Labute approximate surface area is 205 Å². The minimum Gasteiger partial charge on any atom is -0.497 e. The maximum absolute atomic E-state index is 11.3. The van der Waals surface area contributed by atoms with Crippen LogP contribution >= 0.6 is 23.2 Å². The number of hydrogen-bond acceptors (Lipinski definition) is 5. The molecule has 0 fully saturated rings. The van der Waals surface area contributed by atoms with Gasteiger partial charge in [0.2, 0.25) is 5.88 Å². The SMILES string of the molecule is COc1ccc(Oc2c3ncccc3c(OC)c3cn(Cc4cc(Cl)cc(Cl)c4)c(O)c23)cc1. The van der Waals surface area contributed by atoms with E-state index in [1.807, 2.05) is 30.5 Å². The third-order valence-corrected chi connectivity index (χ3v) is 5.98. The fraction of sp³-hybridized carbons (Fsp3) is 0.115. The van der Waals surface area contributed by atoms with Crippen LogP contribution in [0.5, 0.6) is 28.9 Å². The lowest BCUT2D eigenvalue weighted by Crippen LogP contribution is -1.97. The van der Waals surface area contributed by atoms with Crippen molar-refractivity contribution >= 4 is 44.9 Å². The van der Waals surface area contributed by atoms with Crippen LogP contribution in [0.25, 0.3) is 21.7 Å². The summed E-state index contributed by atoms with van der Waals surface area (Å²) in [5.41, 5.74) is 1.41. The van der Waals surface area contributed by atoms with Crippen LogP contribution in [0.4, 0.5) is 0 Å². The fourth-order valence-electron chi connectivity index (χ4n) is 4.07. The Bertz CT molecular complexity index is 1490. The quantitative estimate of drug-likeness (QED) is 0.273. The molecule has 0 aliphatic rings. The van der Waals surface area contributed by atoms with E-state index in [0.717, 1.165) is 10.9 Å². The molecule has 0 saturated carbocycles. The van der Waals surface area contributed by atoms with E-state index in [1.54, 1.807) is 55.3 Å². The van der Waals surface area contributed by atoms with E-state index in [0.29, 0.717) is 55.9 Å². The Kier molecular flexibility index (Phi) is 5.86. The van der Waals surface area contributed by atoms with Gasteiger partial charge in [-0.1, -0.05) is 23.2 Å².